The van der Waals surface area contributed by atoms with Crippen molar-refractivity contribution in [1.29, 1.82) is 0 Å². The van der Waals surface area contributed by atoms with Gasteiger partial charge in [-0.25, -0.2) is 0 Å². The Balaban J connectivity index is 2.11. The number of carbonyl (C=O) groups excluding carboxylic acids is 1. The van der Waals surface area contributed by atoms with Crippen LogP contribution in [0.15, 0.2) is 42.5 Å². The molecule has 0 radical (unpaired) electrons. The molecule has 5 nitrogen and oxygen atoms in total. The summed E-state index contributed by atoms with van der Waals surface area (Å²) in [5, 5.41) is 15.6. The normalized spacial score (nSPS) is 11.5. The molecule has 0 saturated carbocycles. The van der Waals surface area contributed by atoms with Crippen molar-refractivity contribution < 1.29 is 14.6 Å². The Labute approximate surface area is 153 Å². The first-order valence-corrected chi connectivity index (χ1v) is 8.45. The molecule has 0 bridgehead atoms. The van der Waals surface area contributed by atoms with Gasteiger partial charge in [0.2, 0.25) is 0 Å². The van der Waals surface area contributed by atoms with Gasteiger partial charge in [0.1, 0.15) is 11.5 Å². The Morgan fingerprint density at radius 3 is 2.68 bits per heavy atom. The summed E-state index contributed by atoms with van der Waals surface area (Å²) in [6.07, 6.45) is 0.985. The SMILES string of the molecule is CC[C@H](C)c1ccc(O)c(NC(=S)NC(=O)c2ccccc2OC)c1. The highest BCUT2D eigenvalue weighted by Crippen LogP contribution is 2.29. The van der Waals surface area contributed by atoms with Crippen molar-refractivity contribution in [2.24, 2.45) is 0 Å². The van der Waals surface area contributed by atoms with Crippen molar-refractivity contribution in [3.8, 4) is 11.5 Å². The number of hydrogen-bond acceptors (Lipinski definition) is 4. The molecule has 6 heteroatoms. The molecular formula is C19H22N2O3S. The number of hydrogen-bond donors (Lipinski definition) is 3. The summed E-state index contributed by atoms with van der Waals surface area (Å²) < 4.78 is 5.18. The maximum Gasteiger partial charge on any atom is 0.261 e. The Morgan fingerprint density at radius 1 is 1.28 bits per heavy atom. The van der Waals surface area contributed by atoms with Gasteiger partial charge in [-0.15, -0.1) is 0 Å². The number of phenols is 1. The summed E-state index contributed by atoms with van der Waals surface area (Å²) in [7, 11) is 1.50. The number of rotatable bonds is 5. The second-order valence-electron chi connectivity index (χ2n) is 5.69. The fraction of sp³-hybridized carbons (Fsp3) is 0.263. The summed E-state index contributed by atoms with van der Waals surface area (Å²) in [4.78, 5) is 12.4. The summed E-state index contributed by atoms with van der Waals surface area (Å²) in [5.74, 6) is 0.510. The number of thiocarbonyl (C=S) groups is 1. The molecule has 2 aromatic carbocycles. The number of amides is 1. The van der Waals surface area contributed by atoms with Crippen molar-refractivity contribution in [2.75, 3.05) is 12.4 Å². The third-order valence-corrected chi connectivity index (χ3v) is 4.23. The van der Waals surface area contributed by atoms with Gasteiger partial charge in [-0.3, -0.25) is 10.1 Å². The van der Waals surface area contributed by atoms with Crippen molar-refractivity contribution in [1.82, 2.24) is 5.32 Å². The summed E-state index contributed by atoms with van der Waals surface area (Å²) in [6.45, 7) is 4.21. The van der Waals surface area contributed by atoms with Gasteiger partial charge in [0.25, 0.3) is 5.91 Å². The zero-order valence-electron chi connectivity index (χ0n) is 14.5. The topological polar surface area (TPSA) is 70.6 Å². The summed E-state index contributed by atoms with van der Waals surface area (Å²) in [6, 6.07) is 12.2. The van der Waals surface area contributed by atoms with Crippen LogP contribution in [0.3, 0.4) is 0 Å². The smallest absolute Gasteiger partial charge is 0.261 e. The molecule has 0 heterocycles. The van der Waals surface area contributed by atoms with Crippen LogP contribution in [0.5, 0.6) is 11.5 Å². The molecule has 25 heavy (non-hydrogen) atoms. The van der Waals surface area contributed by atoms with Gasteiger partial charge in [0, 0.05) is 0 Å². The van der Waals surface area contributed by atoms with Crippen LogP contribution in [-0.2, 0) is 0 Å². The maximum atomic E-state index is 12.4. The minimum Gasteiger partial charge on any atom is -0.506 e. The molecule has 0 spiro atoms. The van der Waals surface area contributed by atoms with Crippen LogP contribution in [-0.4, -0.2) is 23.2 Å². The molecule has 0 aliphatic carbocycles. The Bertz CT molecular complexity index is 777. The number of anilines is 1. The van der Waals surface area contributed by atoms with Crippen LogP contribution in [0.25, 0.3) is 0 Å². The molecule has 0 aromatic heterocycles. The minimum atomic E-state index is -0.382. The highest BCUT2D eigenvalue weighted by molar-refractivity contribution is 7.80. The van der Waals surface area contributed by atoms with Crippen LogP contribution in [0.4, 0.5) is 5.69 Å². The average molecular weight is 358 g/mol. The molecule has 0 unspecified atom stereocenters. The molecule has 1 atom stereocenters. The van der Waals surface area contributed by atoms with Gasteiger partial charge in [-0.2, -0.15) is 0 Å². The van der Waals surface area contributed by atoms with Gasteiger partial charge in [-0.05, 0) is 54.4 Å². The number of carbonyl (C=O) groups is 1. The van der Waals surface area contributed by atoms with Crippen molar-refractivity contribution in [2.45, 2.75) is 26.2 Å². The first kappa shape index (κ1) is 18.7. The van der Waals surface area contributed by atoms with Crippen molar-refractivity contribution in [3.05, 3.63) is 53.6 Å². The van der Waals surface area contributed by atoms with Crippen molar-refractivity contribution >= 4 is 28.9 Å². The van der Waals surface area contributed by atoms with E-state index in [0.29, 0.717) is 22.9 Å². The predicted octanol–water partition coefficient (Wildman–Crippen LogP) is 4.04. The van der Waals surface area contributed by atoms with Crippen LogP contribution < -0.4 is 15.4 Å². The number of benzene rings is 2. The second kappa shape index (κ2) is 8.48. The van der Waals surface area contributed by atoms with Crippen LogP contribution >= 0.6 is 12.2 Å². The van der Waals surface area contributed by atoms with Gasteiger partial charge in [0.15, 0.2) is 5.11 Å². The average Bonchev–Trinajstić information content (AvgIpc) is 2.62. The Morgan fingerprint density at radius 2 is 2.00 bits per heavy atom. The fourth-order valence-corrected chi connectivity index (χ4v) is 2.55. The van der Waals surface area contributed by atoms with E-state index in [2.05, 4.69) is 24.5 Å². The lowest BCUT2D eigenvalue weighted by molar-refractivity contribution is 0.0974. The molecular weight excluding hydrogens is 336 g/mol. The highest BCUT2D eigenvalue weighted by Gasteiger charge is 2.14. The van der Waals surface area contributed by atoms with E-state index in [-0.39, 0.29) is 16.8 Å². The summed E-state index contributed by atoms with van der Waals surface area (Å²) >= 11 is 5.19. The Hall–Kier alpha value is -2.60. The lowest BCUT2D eigenvalue weighted by Gasteiger charge is -2.15. The molecule has 1 amide bonds. The zero-order valence-corrected chi connectivity index (χ0v) is 15.3. The molecule has 2 rings (SSSR count). The minimum absolute atomic E-state index is 0.0703. The van der Waals surface area contributed by atoms with Gasteiger partial charge in [-0.1, -0.05) is 32.0 Å². The molecule has 0 aliphatic heterocycles. The number of phenolic OH excluding ortho intramolecular Hbond substituents is 1. The molecule has 0 aliphatic rings. The van der Waals surface area contributed by atoms with E-state index in [1.54, 1.807) is 30.3 Å². The standard InChI is InChI=1S/C19H22N2O3S/c1-4-12(2)13-9-10-16(22)15(11-13)20-19(25)21-18(23)14-7-5-6-8-17(14)24-3/h5-12,22H,4H2,1-3H3,(H2,20,21,23,25)/t12-/m0/s1. The first-order valence-electron chi connectivity index (χ1n) is 8.04. The number of nitrogens with one attached hydrogen (secondary N) is 2. The molecule has 2 aromatic rings. The number of aromatic hydroxyl groups is 1. The number of ether oxygens (including phenoxy) is 1. The van der Waals surface area contributed by atoms with Gasteiger partial charge in [0.05, 0.1) is 18.4 Å². The van der Waals surface area contributed by atoms with Gasteiger partial charge >= 0.3 is 0 Å². The summed E-state index contributed by atoms with van der Waals surface area (Å²) in [5.41, 5.74) is 1.93. The van der Waals surface area contributed by atoms with Crippen LogP contribution in [0.2, 0.25) is 0 Å². The largest absolute Gasteiger partial charge is 0.506 e. The van der Waals surface area contributed by atoms with Crippen molar-refractivity contribution in [3.63, 3.8) is 0 Å². The zero-order chi connectivity index (χ0) is 18.4. The van der Waals surface area contributed by atoms with E-state index in [9.17, 15) is 9.90 Å². The number of methoxy groups -OCH3 is 1. The monoisotopic (exact) mass is 358 g/mol. The lowest BCUT2D eigenvalue weighted by atomic mass is 9.98. The quantitative estimate of drug-likeness (QED) is 0.556. The van der Waals surface area contributed by atoms with Crippen LogP contribution in [0.1, 0.15) is 42.1 Å². The van der Waals surface area contributed by atoms with E-state index < -0.39 is 0 Å². The van der Waals surface area contributed by atoms with E-state index >= 15 is 0 Å². The van der Waals surface area contributed by atoms with E-state index in [4.69, 9.17) is 17.0 Å². The van der Waals surface area contributed by atoms with E-state index in [0.717, 1.165) is 12.0 Å². The lowest BCUT2D eigenvalue weighted by Crippen LogP contribution is -2.34. The molecule has 132 valence electrons. The number of para-hydroxylation sites is 1. The van der Waals surface area contributed by atoms with Crippen LogP contribution in [0, 0.1) is 0 Å². The fourth-order valence-electron chi connectivity index (χ4n) is 2.35. The second-order valence-corrected chi connectivity index (χ2v) is 6.10. The molecule has 0 saturated heterocycles. The highest BCUT2D eigenvalue weighted by atomic mass is 32.1. The molecule has 3 N–H and O–H groups in total. The van der Waals surface area contributed by atoms with Gasteiger partial charge < -0.3 is 15.2 Å². The Kier molecular flexibility index (Phi) is 6.36. The maximum absolute atomic E-state index is 12.4. The first-order chi connectivity index (χ1) is 12.0. The van der Waals surface area contributed by atoms with E-state index in [1.165, 1.54) is 7.11 Å². The predicted molar refractivity (Wildman–Crippen MR) is 103 cm³/mol. The third-order valence-electron chi connectivity index (χ3n) is 4.03. The third kappa shape index (κ3) is 4.70. The van der Waals surface area contributed by atoms with E-state index in [1.807, 2.05) is 12.1 Å². The molecule has 0 fully saturated rings.